The lowest BCUT2D eigenvalue weighted by Gasteiger charge is -2.21. The van der Waals surface area contributed by atoms with Gasteiger partial charge in [0.1, 0.15) is 5.58 Å². The molecule has 0 fully saturated rings. The van der Waals surface area contributed by atoms with Gasteiger partial charge in [-0.05, 0) is 78.0 Å². The van der Waals surface area contributed by atoms with Gasteiger partial charge < -0.3 is 4.42 Å². The molecule has 11 rings (SSSR count). The van der Waals surface area contributed by atoms with E-state index in [4.69, 9.17) is 4.42 Å². The van der Waals surface area contributed by atoms with E-state index in [1.54, 1.807) is 0 Å². The quantitative estimate of drug-likeness (QED) is 0.163. The molecule has 2 heterocycles. The van der Waals surface area contributed by atoms with Crippen molar-refractivity contribution in [3.8, 4) is 50.4 Å². The van der Waals surface area contributed by atoms with Crippen molar-refractivity contribution in [1.82, 2.24) is 0 Å². The van der Waals surface area contributed by atoms with Gasteiger partial charge in [0.2, 0.25) is 17.0 Å². The first-order valence-corrected chi connectivity index (χ1v) is 19.2. The lowest BCUT2D eigenvalue weighted by atomic mass is 9.82. The zero-order valence-corrected chi connectivity index (χ0v) is 31.2. The summed E-state index contributed by atoms with van der Waals surface area (Å²) in [7, 11) is 0. The molecule has 4 heteroatoms. The van der Waals surface area contributed by atoms with Gasteiger partial charge in [-0.1, -0.05) is 150 Å². The van der Waals surface area contributed by atoms with Gasteiger partial charge in [0.25, 0.3) is 5.69 Å². The number of fused-ring (bicyclic) bond motifs is 8. The van der Waals surface area contributed by atoms with Crippen molar-refractivity contribution in [2.45, 2.75) is 19.3 Å². The largest absolute Gasteiger partial charge is 0.449 e. The zero-order chi connectivity index (χ0) is 37.4. The minimum absolute atomic E-state index is 0.0266. The van der Waals surface area contributed by atoms with Crippen molar-refractivity contribution >= 4 is 32.7 Å². The first kappa shape index (κ1) is 32.3. The number of benzene rings is 8. The summed E-state index contributed by atoms with van der Waals surface area (Å²) in [4.78, 5) is 0. The lowest BCUT2D eigenvalue weighted by Crippen LogP contribution is -2.55. The third kappa shape index (κ3) is 5.10. The van der Waals surface area contributed by atoms with Crippen molar-refractivity contribution in [2.24, 2.45) is 0 Å². The molecule has 4 nitrogen and oxygen atoms in total. The maximum atomic E-state index is 7.02. The second kappa shape index (κ2) is 12.4. The zero-order valence-electron chi connectivity index (χ0n) is 31.2. The predicted octanol–water partition coefficient (Wildman–Crippen LogP) is 11.2. The molecule has 0 unspecified atom stereocenters. The first-order valence-electron chi connectivity index (χ1n) is 19.2. The Kier molecular flexibility index (Phi) is 7.17. The average molecular weight is 721 g/mol. The highest BCUT2D eigenvalue weighted by molar-refractivity contribution is 6.21. The van der Waals surface area contributed by atoms with Gasteiger partial charge in [-0.2, -0.15) is 0 Å². The second-order valence-electron chi connectivity index (χ2n) is 15.4. The highest BCUT2D eigenvalue weighted by atomic mass is 16.3. The molecule has 0 N–H and O–H groups in total. The molecule has 0 amide bonds. The Morgan fingerprint density at radius 3 is 1.91 bits per heavy atom. The summed E-state index contributed by atoms with van der Waals surface area (Å²) in [5, 5.41) is 4.54. The molecule has 56 heavy (non-hydrogen) atoms. The van der Waals surface area contributed by atoms with E-state index in [1.165, 1.54) is 38.8 Å². The molecule has 0 atom stereocenters. The Balaban J connectivity index is 1.11. The molecule has 0 spiro atoms. The lowest BCUT2D eigenvalue weighted by molar-refractivity contribution is -0.858. The molecule has 1 aliphatic carbocycles. The van der Waals surface area contributed by atoms with Gasteiger partial charge in [0, 0.05) is 46.5 Å². The molecule has 10 aromatic rings. The van der Waals surface area contributed by atoms with Crippen LogP contribution >= 0.6 is 0 Å². The van der Waals surface area contributed by atoms with E-state index in [0.29, 0.717) is 0 Å². The first-order chi connectivity index (χ1) is 27.5. The molecular formula is C52H38N3O+3. The number of rotatable bonds is 5. The summed E-state index contributed by atoms with van der Waals surface area (Å²) in [5.74, 6) is 0. The van der Waals surface area contributed by atoms with Crippen molar-refractivity contribution in [3.05, 3.63) is 206 Å². The van der Waals surface area contributed by atoms with E-state index in [9.17, 15) is 0 Å². The fourth-order valence-electron chi connectivity index (χ4n) is 8.84. The van der Waals surface area contributed by atoms with Crippen LogP contribution in [0.1, 0.15) is 25.0 Å². The van der Waals surface area contributed by atoms with Crippen LogP contribution in [0, 0.1) is 0 Å². The van der Waals surface area contributed by atoms with Gasteiger partial charge in [-0.15, -0.1) is 0 Å². The van der Waals surface area contributed by atoms with E-state index in [1.807, 2.05) is 0 Å². The Labute approximate surface area is 325 Å². The predicted molar refractivity (Wildman–Crippen MR) is 224 cm³/mol. The fraction of sp³-hybridized carbons (Fsp3) is 0.0577. The average Bonchev–Trinajstić information content (AvgIpc) is 3.76. The summed E-state index contributed by atoms with van der Waals surface area (Å²) in [6.07, 6.45) is 6.42. The van der Waals surface area contributed by atoms with Crippen molar-refractivity contribution in [2.75, 3.05) is 0 Å². The Morgan fingerprint density at radius 1 is 0.429 bits per heavy atom. The van der Waals surface area contributed by atoms with Gasteiger partial charge in [-0.25, -0.2) is 0 Å². The van der Waals surface area contributed by atoms with E-state index in [2.05, 4.69) is 222 Å². The highest BCUT2D eigenvalue weighted by Crippen LogP contribution is 2.49. The molecule has 2 aromatic heterocycles. The fourth-order valence-corrected chi connectivity index (χ4v) is 8.84. The Morgan fingerprint density at radius 2 is 1.05 bits per heavy atom. The van der Waals surface area contributed by atoms with Gasteiger partial charge in [0.05, 0.1) is 0 Å². The van der Waals surface area contributed by atoms with Crippen LogP contribution in [-0.4, -0.2) is 0 Å². The third-order valence-corrected chi connectivity index (χ3v) is 11.7. The monoisotopic (exact) mass is 720 g/mol. The Hall–Kier alpha value is -7.17. The Bertz CT molecular complexity index is 3160. The van der Waals surface area contributed by atoms with Crippen LogP contribution in [0.2, 0.25) is 0 Å². The molecule has 0 radical (unpaired) electrons. The third-order valence-electron chi connectivity index (χ3n) is 11.7. The highest BCUT2D eigenvalue weighted by Gasteiger charge is 2.35. The maximum Gasteiger partial charge on any atom is 0.428 e. The molecule has 8 aromatic carbocycles. The van der Waals surface area contributed by atoms with Crippen LogP contribution in [0.25, 0.3) is 83.2 Å². The number of nitrogens with zero attached hydrogens (tertiary/aromatic N) is 3. The molecule has 0 saturated heterocycles. The normalized spacial score (nSPS) is 13.0. The van der Waals surface area contributed by atoms with E-state index in [0.717, 1.165) is 55.5 Å². The summed E-state index contributed by atoms with van der Waals surface area (Å²) in [6.45, 7) is 4.66. The maximum absolute atomic E-state index is 7.02. The summed E-state index contributed by atoms with van der Waals surface area (Å²) >= 11 is 0. The van der Waals surface area contributed by atoms with Crippen LogP contribution < -0.4 is 13.7 Å². The van der Waals surface area contributed by atoms with Gasteiger partial charge in [-0.3, -0.25) is 0 Å². The van der Waals surface area contributed by atoms with Crippen molar-refractivity contribution in [1.29, 1.82) is 0 Å². The van der Waals surface area contributed by atoms with Crippen molar-refractivity contribution in [3.63, 3.8) is 0 Å². The van der Waals surface area contributed by atoms with Crippen molar-refractivity contribution < 1.29 is 18.1 Å². The SMILES string of the molecule is CC1(C)c2ccccc2-c2cc(-c3ccc4c(c3)oc3c(-[n+]5c[n+](-c6ccccc6)c[n+](-c6cccc(-c7ccccc7)c6)c5)cc5ccccc5c34)ccc21. The number of furan rings is 1. The standard InChI is InChI=1S/C52H38N3O/c1-52(2)46-23-12-11-22-43(46)45-29-37(25-27-47(45)52)38-24-26-44-49(31-38)56-51-48(30-39-16-9-10-21-42(39)50(44)51)55-33-53(40-18-7-4-8-19-40)32-54(34-55)41-20-13-17-36(28-41)35-14-5-3-6-15-35/h3-34H,1-2H3/q+3. The second-order valence-corrected chi connectivity index (χ2v) is 15.4. The smallest absolute Gasteiger partial charge is 0.428 e. The molecule has 0 bridgehead atoms. The molecule has 264 valence electrons. The van der Waals surface area contributed by atoms with Gasteiger partial charge in [0.15, 0.2) is 0 Å². The molecule has 0 saturated carbocycles. The van der Waals surface area contributed by atoms with Gasteiger partial charge >= 0.3 is 19.0 Å². The molecule has 1 aliphatic rings. The number of para-hydroxylation sites is 1. The number of hydrogen-bond donors (Lipinski definition) is 0. The van der Waals surface area contributed by atoms with Crippen LogP contribution in [0.5, 0.6) is 0 Å². The number of aromatic nitrogens is 3. The van der Waals surface area contributed by atoms with E-state index >= 15 is 0 Å². The minimum atomic E-state index is -0.0266. The summed E-state index contributed by atoms with van der Waals surface area (Å²) < 4.78 is 13.6. The minimum Gasteiger partial charge on any atom is -0.449 e. The summed E-state index contributed by atoms with van der Waals surface area (Å²) in [5.41, 5.74) is 14.8. The van der Waals surface area contributed by atoms with E-state index < -0.39 is 0 Å². The summed E-state index contributed by atoms with van der Waals surface area (Å²) in [6, 6.07) is 63.1. The van der Waals surface area contributed by atoms with Crippen LogP contribution in [-0.2, 0) is 5.41 Å². The topological polar surface area (TPSA) is 24.8 Å². The van der Waals surface area contributed by atoms with E-state index in [-0.39, 0.29) is 5.41 Å². The van der Waals surface area contributed by atoms with Crippen LogP contribution in [0.3, 0.4) is 0 Å². The number of hydrogen-bond acceptors (Lipinski definition) is 1. The molecular weight excluding hydrogens is 683 g/mol. The van der Waals surface area contributed by atoms with Crippen LogP contribution in [0.4, 0.5) is 0 Å². The van der Waals surface area contributed by atoms with Crippen LogP contribution in [0.15, 0.2) is 199 Å². The molecule has 0 aliphatic heterocycles.